The van der Waals surface area contributed by atoms with Gasteiger partial charge in [-0.3, -0.25) is 0 Å². The minimum atomic E-state index is 0.704. The molecule has 0 aliphatic heterocycles. The van der Waals surface area contributed by atoms with Crippen LogP contribution in [-0.4, -0.2) is 9.97 Å². The smallest absolute Gasteiger partial charge is 0.161 e. The van der Waals surface area contributed by atoms with Crippen molar-refractivity contribution in [2.75, 3.05) is 0 Å². The summed E-state index contributed by atoms with van der Waals surface area (Å²) in [6.07, 6.45) is 0. The Kier molecular flexibility index (Phi) is 9.20. The van der Waals surface area contributed by atoms with Gasteiger partial charge in [-0.05, 0) is 106 Å². The van der Waals surface area contributed by atoms with Gasteiger partial charge in [-0.15, -0.1) is 0 Å². The van der Waals surface area contributed by atoms with Crippen molar-refractivity contribution in [1.82, 2.24) is 9.97 Å². The number of rotatable bonds is 7. The maximum atomic E-state index is 5.26. The highest BCUT2D eigenvalue weighted by molar-refractivity contribution is 6.20. The number of fused-ring (bicyclic) bond motifs is 5. The summed E-state index contributed by atoms with van der Waals surface area (Å²) in [4.78, 5) is 10.5. The molecule has 0 radical (unpaired) electrons. The average Bonchev–Trinajstić information content (AvgIpc) is 3.38. The number of hydrogen-bond donors (Lipinski definition) is 0. The number of hydrogen-bond acceptors (Lipinski definition) is 2. The van der Waals surface area contributed by atoms with Gasteiger partial charge in [0, 0.05) is 16.7 Å². The van der Waals surface area contributed by atoms with Gasteiger partial charge in [0.25, 0.3) is 0 Å². The molecule has 12 aromatic rings. The standard InChI is InChI=1S/C62H40N2/c1-3-13-41(14-4-1)42-25-31-48(32-26-42)60-40-59(47-16-5-2-6-17-47)63-62(64-60)57-38-37-52(54-21-11-12-22-55(54)57)46-29-23-43(24-30-46)44-27-33-49(34-28-44)61-53-20-10-8-18-50(53)39-58-51-19-9-7-15-45(51)35-36-56(58)61/h1-40H. The first-order valence-corrected chi connectivity index (χ1v) is 21.9. The fourth-order valence-corrected chi connectivity index (χ4v) is 9.49. The first-order chi connectivity index (χ1) is 31.7. The van der Waals surface area contributed by atoms with Crippen LogP contribution in [-0.2, 0) is 0 Å². The minimum Gasteiger partial charge on any atom is -0.228 e. The van der Waals surface area contributed by atoms with E-state index < -0.39 is 0 Å². The second-order valence-electron chi connectivity index (χ2n) is 16.5. The summed E-state index contributed by atoms with van der Waals surface area (Å²) in [7, 11) is 0. The van der Waals surface area contributed by atoms with E-state index in [1.807, 2.05) is 12.1 Å². The molecule has 12 rings (SSSR count). The Morgan fingerprint density at radius 2 is 0.656 bits per heavy atom. The molecule has 0 saturated heterocycles. The van der Waals surface area contributed by atoms with Crippen molar-refractivity contribution in [3.8, 4) is 78.4 Å². The van der Waals surface area contributed by atoms with Crippen molar-refractivity contribution in [2.45, 2.75) is 0 Å². The second-order valence-corrected chi connectivity index (χ2v) is 16.5. The molecule has 1 heterocycles. The lowest BCUT2D eigenvalue weighted by Crippen LogP contribution is -1.97. The molecule has 0 aliphatic carbocycles. The molecular weight excluding hydrogens is 773 g/mol. The van der Waals surface area contributed by atoms with Crippen molar-refractivity contribution in [2.24, 2.45) is 0 Å². The van der Waals surface area contributed by atoms with Crippen LogP contribution >= 0.6 is 0 Å². The van der Waals surface area contributed by atoms with Crippen LogP contribution in [0.15, 0.2) is 243 Å². The SMILES string of the molecule is c1ccc(-c2ccc(-c3cc(-c4ccccc4)nc(-c4ccc(-c5ccc(-c6ccc(-c7c8ccccc8cc8c7ccc7ccccc78)cc6)cc5)c5ccccc45)n3)cc2)cc1. The van der Waals surface area contributed by atoms with E-state index in [0.29, 0.717) is 5.82 Å². The molecule has 2 heteroatoms. The lowest BCUT2D eigenvalue weighted by molar-refractivity contribution is 1.19. The molecule has 0 atom stereocenters. The van der Waals surface area contributed by atoms with Crippen LogP contribution in [0, 0.1) is 0 Å². The fraction of sp³-hybridized carbons (Fsp3) is 0. The highest BCUT2D eigenvalue weighted by atomic mass is 14.9. The average molecular weight is 813 g/mol. The van der Waals surface area contributed by atoms with Gasteiger partial charge in [-0.25, -0.2) is 9.97 Å². The zero-order chi connectivity index (χ0) is 42.4. The minimum absolute atomic E-state index is 0.704. The molecule has 0 aliphatic rings. The summed E-state index contributed by atoms with van der Waals surface area (Å²) in [5.41, 5.74) is 14.5. The fourth-order valence-electron chi connectivity index (χ4n) is 9.49. The Bertz CT molecular complexity index is 3670. The van der Waals surface area contributed by atoms with Gasteiger partial charge in [0.1, 0.15) is 0 Å². The predicted molar refractivity (Wildman–Crippen MR) is 270 cm³/mol. The molecule has 0 unspecified atom stereocenters. The maximum Gasteiger partial charge on any atom is 0.161 e. The van der Waals surface area contributed by atoms with Gasteiger partial charge < -0.3 is 0 Å². The van der Waals surface area contributed by atoms with Gasteiger partial charge in [0.2, 0.25) is 0 Å². The summed E-state index contributed by atoms with van der Waals surface area (Å²) < 4.78 is 0. The zero-order valence-electron chi connectivity index (χ0n) is 35.0. The first-order valence-electron chi connectivity index (χ1n) is 21.9. The quantitative estimate of drug-likeness (QED) is 0.118. The molecule has 0 N–H and O–H groups in total. The van der Waals surface area contributed by atoms with E-state index in [2.05, 4.69) is 231 Å². The summed E-state index contributed by atoms with van der Waals surface area (Å²) >= 11 is 0. The lowest BCUT2D eigenvalue weighted by atomic mass is 9.89. The van der Waals surface area contributed by atoms with Crippen molar-refractivity contribution in [3.63, 3.8) is 0 Å². The van der Waals surface area contributed by atoms with Gasteiger partial charge in [-0.1, -0.05) is 224 Å². The molecule has 1 aromatic heterocycles. The molecule has 0 fully saturated rings. The van der Waals surface area contributed by atoms with Gasteiger partial charge in [0.05, 0.1) is 11.4 Å². The molecule has 11 aromatic carbocycles. The molecule has 0 bridgehead atoms. The van der Waals surface area contributed by atoms with E-state index in [1.165, 1.54) is 71.3 Å². The van der Waals surface area contributed by atoms with Gasteiger partial charge in [0.15, 0.2) is 5.82 Å². The molecule has 298 valence electrons. The Morgan fingerprint density at radius 1 is 0.219 bits per heavy atom. The second kappa shape index (κ2) is 15.8. The number of nitrogens with zero attached hydrogens (tertiary/aromatic N) is 2. The third kappa shape index (κ3) is 6.70. The predicted octanol–water partition coefficient (Wildman–Crippen LogP) is 16.8. The Labute approximate surface area is 372 Å². The van der Waals surface area contributed by atoms with E-state index in [9.17, 15) is 0 Å². The highest BCUT2D eigenvalue weighted by Gasteiger charge is 2.17. The van der Waals surface area contributed by atoms with E-state index >= 15 is 0 Å². The summed E-state index contributed by atoms with van der Waals surface area (Å²) in [6.45, 7) is 0. The normalized spacial score (nSPS) is 11.4. The van der Waals surface area contributed by atoms with Gasteiger partial charge >= 0.3 is 0 Å². The molecule has 2 nitrogen and oxygen atoms in total. The summed E-state index contributed by atoms with van der Waals surface area (Å²) in [5, 5.41) is 9.91. The summed E-state index contributed by atoms with van der Waals surface area (Å²) in [6, 6.07) is 87.1. The molecule has 0 saturated carbocycles. The Balaban J connectivity index is 0.890. The van der Waals surface area contributed by atoms with E-state index in [4.69, 9.17) is 9.97 Å². The van der Waals surface area contributed by atoms with Crippen molar-refractivity contribution < 1.29 is 0 Å². The van der Waals surface area contributed by atoms with Crippen molar-refractivity contribution in [1.29, 1.82) is 0 Å². The highest BCUT2D eigenvalue weighted by Crippen LogP contribution is 2.41. The Hall–Kier alpha value is -8.46. The van der Waals surface area contributed by atoms with Crippen LogP contribution in [0.2, 0.25) is 0 Å². The van der Waals surface area contributed by atoms with Crippen LogP contribution in [0.1, 0.15) is 0 Å². The van der Waals surface area contributed by atoms with Crippen molar-refractivity contribution in [3.05, 3.63) is 243 Å². The first kappa shape index (κ1) is 37.3. The van der Waals surface area contributed by atoms with Crippen LogP contribution in [0.4, 0.5) is 0 Å². The monoisotopic (exact) mass is 812 g/mol. The van der Waals surface area contributed by atoms with E-state index in [-0.39, 0.29) is 0 Å². The number of benzene rings is 11. The molecule has 0 amide bonds. The molecule has 64 heavy (non-hydrogen) atoms. The zero-order valence-corrected chi connectivity index (χ0v) is 35.0. The Morgan fingerprint density at radius 3 is 1.30 bits per heavy atom. The number of aromatic nitrogens is 2. The van der Waals surface area contributed by atoms with Gasteiger partial charge in [-0.2, -0.15) is 0 Å². The van der Waals surface area contributed by atoms with E-state index in [1.54, 1.807) is 0 Å². The van der Waals surface area contributed by atoms with Crippen molar-refractivity contribution >= 4 is 43.1 Å². The molecule has 0 spiro atoms. The van der Waals surface area contributed by atoms with Crippen LogP contribution in [0.5, 0.6) is 0 Å². The van der Waals surface area contributed by atoms with Crippen LogP contribution in [0.25, 0.3) is 122 Å². The maximum absolute atomic E-state index is 5.26. The topological polar surface area (TPSA) is 25.8 Å². The third-order valence-electron chi connectivity index (χ3n) is 12.7. The largest absolute Gasteiger partial charge is 0.228 e. The van der Waals surface area contributed by atoms with Crippen LogP contribution < -0.4 is 0 Å². The summed E-state index contributed by atoms with van der Waals surface area (Å²) in [5.74, 6) is 0.704. The van der Waals surface area contributed by atoms with Crippen LogP contribution in [0.3, 0.4) is 0 Å². The molecular formula is C62H40N2. The van der Waals surface area contributed by atoms with E-state index in [0.717, 1.165) is 44.4 Å². The lowest BCUT2D eigenvalue weighted by Gasteiger charge is -2.15. The third-order valence-corrected chi connectivity index (χ3v) is 12.7.